The van der Waals surface area contributed by atoms with E-state index in [2.05, 4.69) is 21.3 Å². The fraction of sp³-hybridized carbons (Fsp3) is 0.188. The van der Waals surface area contributed by atoms with Crippen LogP contribution in [0, 0.1) is 11.6 Å². The summed E-state index contributed by atoms with van der Waals surface area (Å²) < 4.78 is 28.0. The minimum Gasteiger partial charge on any atom is -0.366 e. The van der Waals surface area contributed by atoms with Crippen LogP contribution in [0.15, 0.2) is 35.8 Å². The van der Waals surface area contributed by atoms with E-state index in [9.17, 15) is 8.78 Å². The zero-order chi connectivity index (χ0) is 14.4. The highest BCUT2D eigenvalue weighted by atomic mass is 32.1. The van der Waals surface area contributed by atoms with Gasteiger partial charge in [0.25, 0.3) is 0 Å². The Hall–Kier alpha value is -2.01. The number of hydrogen-bond donors (Lipinski definition) is 0. The van der Waals surface area contributed by atoms with E-state index in [-0.39, 0.29) is 10.9 Å². The molecule has 1 aliphatic heterocycles. The van der Waals surface area contributed by atoms with Crippen molar-refractivity contribution in [2.45, 2.75) is 13.0 Å². The van der Waals surface area contributed by atoms with Crippen molar-refractivity contribution in [1.29, 1.82) is 0 Å². The number of halogens is 2. The van der Waals surface area contributed by atoms with Gasteiger partial charge in [-0.1, -0.05) is 0 Å². The number of rotatable bonds is 1. The minimum absolute atomic E-state index is 0.101. The molecule has 0 N–H and O–H groups in total. The number of anilines is 1. The quantitative estimate of drug-likeness (QED) is 0.671. The lowest BCUT2D eigenvalue weighted by Gasteiger charge is -2.30. The van der Waals surface area contributed by atoms with E-state index < -0.39 is 11.6 Å². The molecule has 0 aliphatic carbocycles. The molecule has 0 amide bonds. The van der Waals surface area contributed by atoms with Gasteiger partial charge < -0.3 is 4.90 Å². The van der Waals surface area contributed by atoms with Crippen molar-refractivity contribution >= 4 is 27.9 Å². The summed E-state index contributed by atoms with van der Waals surface area (Å²) in [7, 11) is 0. The van der Waals surface area contributed by atoms with E-state index in [1.165, 1.54) is 16.5 Å². The summed E-state index contributed by atoms with van der Waals surface area (Å²) in [4.78, 5) is 7.48. The molecule has 5 heteroatoms. The molecule has 0 radical (unpaired) electrons. The molecule has 1 aromatic carbocycles. The van der Waals surface area contributed by atoms with Crippen LogP contribution in [-0.2, 0) is 13.0 Å². The van der Waals surface area contributed by atoms with Crippen LogP contribution >= 0.6 is 11.3 Å². The first-order chi connectivity index (χ1) is 10.2. The Morgan fingerprint density at radius 1 is 1.10 bits per heavy atom. The number of hydrogen-bond acceptors (Lipinski definition) is 3. The van der Waals surface area contributed by atoms with Gasteiger partial charge in [0.05, 0.1) is 11.1 Å². The van der Waals surface area contributed by atoms with E-state index in [1.54, 1.807) is 23.6 Å². The van der Waals surface area contributed by atoms with Crippen molar-refractivity contribution in [1.82, 2.24) is 4.98 Å². The number of thiophene rings is 1. The fourth-order valence-electron chi connectivity index (χ4n) is 2.89. The van der Waals surface area contributed by atoms with Gasteiger partial charge in [0.2, 0.25) is 0 Å². The van der Waals surface area contributed by atoms with Gasteiger partial charge in [0.15, 0.2) is 0 Å². The second-order valence-electron chi connectivity index (χ2n) is 5.12. The topological polar surface area (TPSA) is 16.1 Å². The van der Waals surface area contributed by atoms with Crippen LogP contribution in [-0.4, -0.2) is 11.5 Å². The summed E-state index contributed by atoms with van der Waals surface area (Å²) in [6.07, 6.45) is 2.48. The van der Waals surface area contributed by atoms with Crippen LogP contribution in [0.3, 0.4) is 0 Å². The molecular weight excluding hydrogens is 290 g/mol. The van der Waals surface area contributed by atoms with Crippen molar-refractivity contribution in [3.8, 4) is 0 Å². The molecule has 21 heavy (non-hydrogen) atoms. The number of pyridine rings is 1. The van der Waals surface area contributed by atoms with Gasteiger partial charge >= 0.3 is 0 Å². The summed E-state index contributed by atoms with van der Waals surface area (Å²) >= 11 is 1.76. The van der Waals surface area contributed by atoms with E-state index in [1.807, 2.05) is 0 Å². The SMILES string of the molecule is Fc1ccc(F)c2c(N3CCc4sccc4C3)ccnc12. The molecule has 0 unspecified atom stereocenters. The van der Waals surface area contributed by atoms with Crippen molar-refractivity contribution in [3.05, 3.63) is 57.9 Å². The molecule has 3 aromatic rings. The maximum Gasteiger partial charge on any atom is 0.149 e. The van der Waals surface area contributed by atoms with Crippen LogP contribution in [0.25, 0.3) is 10.9 Å². The zero-order valence-electron chi connectivity index (χ0n) is 11.1. The lowest BCUT2D eigenvalue weighted by atomic mass is 10.1. The number of fused-ring (bicyclic) bond motifs is 2. The Kier molecular flexibility index (Phi) is 2.89. The Labute approximate surface area is 124 Å². The van der Waals surface area contributed by atoms with Gasteiger partial charge in [-0.25, -0.2) is 8.78 Å². The maximum atomic E-state index is 14.2. The first kappa shape index (κ1) is 12.7. The third kappa shape index (κ3) is 2.00. The van der Waals surface area contributed by atoms with Crippen LogP contribution in [0.5, 0.6) is 0 Å². The lowest BCUT2D eigenvalue weighted by Crippen LogP contribution is -2.29. The maximum absolute atomic E-state index is 14.2. The van der Waals surface area contributed by atoms with E-state index >= 15 is 0 Å². The Morgan fingerprint density at radius 3 is 2.86 bits per heavy atom. The van der Waals surface area contributed by atoms with Gasteiger partial charge in [-0.15, -0.1) is 11.3 Å². The number of aromatic nitrogens is 1. The molecular formula is C16H12F2N2S. The molecule has 0 fully saturated rings. The third-order valence-electron chi connectivity index (χ3n) is 3.92. The molecule has 0 spiro atoms. The Bertz CT molecular complexity index is 828. The van der Waals surface area contributed by atoms with E-state index in [0.29, 0.717) is 5.69 Å². The molecule has 0 bridgehead atoms. The lowest BCUT2D eigenvalue weighted by molar-refractivity contribution is 0.614. The van der Waals surface area contributed by atoms with Gasteiger partial charge in [-0.05, 0) is 41.6 Å². The van der Waals surface area contributed by atoms with Crippen molar-refractivity contribution in [3.63, 3.8) is 0 Å². The fourth-order valence-corrected chi connectivity index (χ4v) is 3.78. The van der Waals surface area contributed by atoms with Crippen molar-refractivity contribution in [2.75, 3.05) is 11.4 Å². The number of benzene rings is 1. The molecule has 2 aromatic heterocycles. The monoisotopic (exact) mass is 302 g/mol. The van der Waals surface area contributed by atoms with Crippen LogP contribution < -0.4 is 4.90 Å². The minimum atomic E-state index is -0.485. The molecule has 3 heterocycles. The zero-order valence-corrected chi connectivity index (χ0v) is 12.0. The summed E-state index contributed by atoms with van der Waals surface area (Å²) in [6.45, 7) is 1.54. The molecule has 106 valence electrons. The third-order valence-corrected chi connectivity index (χ3v) is 4.94. The van der Waals surface area contributed by atoms with Crippen molar-refractivity contribution in [2.24, 2.45) is 0 Å². The number of nitrogens with zero attached hydrogens (tertiary/aromatic N) is 2. The second kappa shape index (κ2) is 4.77. The van der Waals surface area contributed by atoms with E-state index in [0.717, 1.165) is 25.6 Å². The predicted octanol–water partition coefficient (Wildman–Crippen LogP) is 4.14. The molecule has 0 atom stereocenters. The highest BCUT2D eigenvalue weighted by molar-refractivity contribution is 7.10. The largest absolute Gasteiger partial charge is 0.366 e. The smallest absolute Gasteiger partial charge is 0.149 e. The molecule has 0 saturated carbocycles. The van der Waals surface area contributed by atoms with Crippen LogP contribution in [0.1, 0.15) is 10.4 Å². The summed E-state index contributed by atoms with van der Waals surface area (Å²) in [5.41, 5.74) is 2.09. The van der Waals surface area contributed by atoms with Gasteiger partial charge in [-0.2, -0.15) is 0 Å². The standard InChI is InChI=1S/C16H12F2N2S/c17-11-1-2-12(18)16-15(11)13(3-6-19-16)20-7-4-14-10(9-20)5-8-21-14/h1-3,5-6,8H,4,7,9H2. The Balaban J connectivity index is 1.86. The summed E-state index contributed by atoms with van der Waals surface area (Å²) in [6, 6.07) is 6.17. The highest BCUT2D eigenvalue weighted by Gasteiger charge is 2.21. The first-order valence-electron chi connectivity index (χ1n) is 6.77. The summed E-state index contributed by atoms with van der Waals surface area (Å²) in [5, 5.41) is 2.36. The van der Waals surface area contributed by atoms with Crippen LogP contribution in [0.4, 0.5) is 14.5 Å². The molecule has 1 aliphatic rings. The van der Waals surface area contributed by atoms with Gasteiger partial charge in [0, 0.05) is 24.2 Å². The predicted molar refractivity (Wildman–Crippen MR) is 80.7 cm³/mol. The average molecular weight is 302 g/mol. The molecule has 2 nitrogen and oxygen atoms in total. The molecule has 0 saturated heterocycles. The molecule has 4 rings (SSSR count). The second-order valence-corrected chi connectivity index (χ2v) is 6.12. The van der Waals surface area contributed by atoms with Gasteiger partial charge in [-0.3, -0.25) is 4.98 Å². The first-order valence-corrected chi connectivity index (χ1v) is 7.65. The Morgan fingerprint density at radius 2 is 1.95 bits per heavy atom. The average Bonchev–Trinajstić information content (AvgIpc) is 2.98. The van der Waals surface area contributed by atoms with Gasteiger partial charge in [0.1, 0.15) is 17.2 Å². The van der Waals surface area contributed by atoms with Crippen LogP contribution in [0.2, 0.25) is 0 Å². The normalized spacial score (nSPS) is 14.5. The highest BCUT2D eigenvalue weighted by Crippen LogP contribution is 2.33. The summed E-state index contributed by atoms with van der Waals surface area (Å²) in [5.74, 6) is -0.910. The van der Waals surface area contributed by atoms with Crippen molar-refractivity contribution < 1.29 is 8.78 Å². The van der Waals surface area contributed by atoms with E-state index in [4.69, 9.17) is 0 Å².